The average molecular weight is 339 g/mol. The van der Waals surface area contributed by atoms with Crippen LogP contribution in [-0.4, -0.2) is 0 Å². The molecule has 0 N–H and O–H groups in total. The predicted molar refractivity (Wildman–Crippen MR) is 117 cm³/mol. The molecule has 0 rings (SSSR count). The first-order valence-electron chi connectivity index (χ1n) is 10.2. The Morgan fingerprint density at radius 2 is 1.46 bits per heavy atom. The molecule has 0 radical (unpaired) electrons. The summed E-state index contributed by atoms with van der Waals surface area (Å²) in [5.74, 6) is 1.47. The highest BCUT2D eigenvalue weighted by atomic mass is 14.3. The van der Waals surface area contributed by atoms with Crippen LogP contribution in [-0.2, 0) is 0 Å². The Morgan fingerprint density at radius 3 is 1.71 bits per heavy atom. The van der Waals surface area contributed by atoms with Crippen molar-refractivity contribution in [1.29, 1.82) is 0 Å². The Kier molecular flexibility index (Phi) is 17.4. The van der Waals surface area contributed by atoms with Gasteiger partial charge in [-0.15, -0.1) is 6.58 Å². The van der Waals surface area contributed by atoms with Crippen molar-refractivity contribution in [2.24, 2.45) is 22.7 Å². The highest BCUT2D eigenvalue weighted by Gasteiger charge is 2.23. The summed E-state index contributed by atoms with van der Waals surface area (Å²) < 4.78 is 0. The lowest BCUT2D eigenvalue weighted by Gasteiger charge is -2.31. The summed E-state index contributed by atoms with van der Waals surface area (Å²) >= 11 is 0. The Balaban J connectivity index is -0.000000410. The zero-order chi connectivity index (χ0) is 20.0. The third-order valence-corrected chi connectivity index (χ3v) is 4.84. The molecule has 0 aromatic carbocycles. The fourth-order valence-electron chi connectivity index (χ4n) is 2.29. The van der Waals surface area contributed by atoms with Crippen molar-refractivity contribution >= 4 is 0 Å². The molecular formula is C24H50. The van der Waals surface area contributed by atoms with E-state index in [2.05, 4.69) is 75.5 Å². The summed E-state index contributed by atoms with van der Waals surface area (Å²) in [6, 6.07) is 0. The second kappa shape index (κ2) is 14.8. The second-order valence-corrected chi connectivity index (χ2v) is 9.02. The van der Waals surface area contributed by atoms with Gasteiger partial charge in [-0.05, 0) is 48.3 Å². The lowest BCUT2D eigenvalue weighted by molar-refractivity contribution is 0.201. The molecule has 0 saturated carbocycles. The van der Waals surface area contributed by atoms with Gasteiger partial charge in [0.15, 0.2) is 0 Å². The first-order valence-corrected chi connectivity index (χ1v) is 10.2. The molecule has 0 aliphatic rings. The predicted octanol–water partition coefficient (Wildman–Crippen LogP) is 9.08. The highest BCUT2D eigenvalue weighted by molar-refractivity contribution is 4.97. The van der Waals surface area contributed by atoms with Gasteiger partial charge in [-0.25, -0.2) is 0 Å². The van der Waals surface area contributed by atoms with Crippen LogP contribution in [0.4, 0.5) is 0 Å². The molecule has 0 aliphatic carbocycles. The molecule has 1 atom stereocenters. The SMILES string of the molecule is C=C(CCCC(C)(C)C(C)CC)C(C)C.C=CCC(C)(C)C.CC. The Morgan fingerprint density at radius 1 is 1.00 bits per heavy atom. The number of rotatable bonds is 8. The van der Waals surface area contributed by atoms with Crippen LogP contribution in [0, 0.1) is 22.7 Å². The number of hydrogen-bond acceptors (Lipinski definition) is 0. The van der Waals surface area contributed by atoms with E-state index in [0.29, 0.717) is 16.7 Å². The zero-order valence-corrected chi connectivity index (χ0v) is 19.2. The van der Waals surface area contributed by atoms with Gasteiger partial charge in [0, 0.05) is 0 Å². The van der Waals surface area contributed by atoms with E-state index in [1.54, 1.807) is 0 Å². The minimum Gasteiger partial charge on any atom is -0.103 e. The van der Waals surface area contributed by atoms with Gasteiger partial charge in [-0.3, -0.25) is 0 Å². The van der Waals surface area contributed by atoms with Gasteiger partial charge in [0.1, 0.15) is 0 Å². The van der Waals surface area contributed by atoms with Crippen LogP contribution in [0.25, 0.3) is 0 Å². The van der Waals surface area contributed by atoms with Crippen LogP contribution in [0.1, 0.15) is 108 Å². The Hall–Kier alpha value is -0.520. The second-order valence-electron chi connectivity index (χ2n) is 9.02. The van der Waals surface area contributed by atoms with Crippen molar-refractivity contribution in [3.63, 3.8) is 0 Å². The normalized spacial score (nSPS) is 12.5. The minimum absolute atomic E-state index is 0.432. The first-order chi connectivity index (χ1) is 10.9. The van der Waals surface area contributed by atoms with E-state index >= 15 is 0 Å². The highest BCUT2D eigenvalue weighted by Crippen LogP contribution is 2.34. The van der Waals surface area contributed by atoms with E-state index in [1.807, 2.05) is 19.9 Å². The van der Waals surface area contributed by atoms with E-state index in [4.69, 9.17) is 0 Å². The molecule has 146 valence electrons. The maximum absolute atomic E-state index is 4.14. The van der Waals surface area contributed by atoms with Crippen molar-refractivity contribution in [3.8, 4) is 0 Å². The molecule has 0 fully saturated rings. The molecule has 24 heavy (non-hydrogen) atoms. The van der Waals surface area contributed by atoms with Crippen LogP contribution >= 0.6 is 0 Å². The fourth-order valence-corrected chi connectivity index (χ4v) is 2.29. The lowest BCUT2D eigenvalue weighted by Crippen LogP contribution is -2.21. The molecule has 0 aliphatic heterocycles. The summed E-state index contributed by atoms with van der Waals surface area (Å²) in [5, 5.41) is 0. The maximum atomic E-state index is 4.14. The quantitative estimate of drug-likeness (QED) is 0.387. The molecule has 0 saturated heterocycles. The summed E-state index contributed by atoms with van der Waals surface area (Å²) in [7, 11) is 0. The van der Waals surface area contributed by atoms with E-state index < -0.39 is 0 Å². The molecular weight excluding hydrogens is 288 g/mol. The molecule has 0 nitrogen and oxygen atoms in total. The van der Waals surface area contributed by atoms with Crippen LogP contribution in [0.3, 0.4) is 0 Å². The van der Waals surface area contributed by atoms with Gasteiger partial charge in [0.05, 0.1) is 0 Å². The van der Waals surface area contributed by atoms with E-state index in [9.17, 15) is 0 Å². The molecule has 0 aromatic rings. The van der Waals surface area contributed by atoms with Crippen LogP contribution < -0.4 is 0 Å². The fraction of sp³-hybridized carbons (Fsp3) is 0.833. The van der Waals surface area contributed by atoms with E-state index in [0.717, 1.165) is 12.3 Å². The van der Waals surface area contributed by atoms with Gasteiger partial charge in [-0.1, -0.05) is 101 Å². The van der Waals surface area contributed by atoms with Gasteiger partial charge in [0.2, 0.25) is 0 Å². The molecule has 0 heterocycles. The van der Waals surface area contributed by atoms with Gasteiger partial charge in [0.25, 0.3) is 0 Å². The van der Waals surface area contributed by atoms with Crippen molar-refractivity contribution in [2.45, 2.75) is 108 Å². The van der Waals surface area contributed by atoms with Gasteiger partial charge >= 0.3 is 0 Å². The average Bonchev–Trinajstić information content (AvgIpc) is 2.47. The first kappa shape index (κ1) is 28.3. The van der Waals surface area contributed by atoms with Crippen LogP contribution in [0.15, 0.2) is 24.8 Å². The lowest BCUT2D eigenvalue weighted by atomic mass is 9.74. The molecule has 0 aromatic heterocycles. The van der Waals surface area contributed by atoms with Gasteiger partial charge in [-0.2, -0.15) is 0 Å². The van der Waals surface area contributed by atoms with Gasteiger partial charge < -0.3 is 0 Å². The molecule has 0 amide bonds. The van der Waals surface area contributed by atoms with Crippen molar-refractivity contribution < 1.29 is 0 Å². The zero-order valence-electron chi connectivity index (χ0n) is 19.2. The maximum Gasteiger partial charge on any atom is -0.0263 e. The Labute approximate surface area is 156 Å². The topological polar surface area (TPSA) is 0 Å². The third kappa shape index (κ3) is 17.8. The summed E-state index contributed by atoms with van der Waals surface area (Å²) in [6.07, 6.45) is 8.19. The largest absolute Gasteiger partial charge is 0.103 e. The summed E-state index contributed by atoms with van der Waals surface area (Å²) in [5.41, 5.74) is 2.34. The smallest absolute Gasteiger partial charge is 0.0263 e. The molecule has 1 unspecified atom stereocenters. The Bertz CT molecular complexity index is 298. The summed E-state index contributed by atoms with van der Waals surface area (Å²) in [4.78, 5) is 0. The van der Waals surface area contributed by atoms with Crippen molar-refractivity contribution in [3.05, 3.63) is 24.8 Å². The molecule has 0 spiro atoms. The van der Waals surface area contributed by atoms with E-state index in [1.165, 1.54) is 31.3 Å². The minimum atomic E-state index is 0.432. The monoisotopic (exact) mass is 338 g/mol. The standard InChI is InChI=1S/C15H30.C7H14.C2H6/c1-8-14(5)15(6,7)11-9-10-13(4)12(2)3;1-5-6-7(2,3)4;1-2/h12,14H,4,8-11H2,1-3,5-7H3;5H,1,6H2,2-4H3;1-2H3. The van der Waals surface area contributed by atoms with Crippen molar-refractivity contribution in [2.75, 3.05) is 0 Å². The van der Waals surface area contributed by atoms with E-state index in [-0.39, 0.29) is 0 Å². The third-order valence-electron chi connectivity index (χ3n) is 4.84. The number of hydrogen-bond donors (Lipinski definition) is 0. The van der Waals surface area contributed by atoms with Crippen LogP contribution in [0.2, 0.25) is 0 Å². The van der Waals surface area contributed by atoms with Crippen LogP contribution in [0.5, 0.6) is 0 Å². The molecule has 0 heteroatoms. The number of allylic oxidation sites excluding steroid dienone is 2. The van der Waals surface area contributed by atoms with Crippen molar-refractivity contribution in [1.82, 2.24) is 0 Å². The summed E-state index contributed by atoms with van der Waals surface area (Å²) in [6.45, 7) is 32.3. The molecule has 0 bridgehead atoms.